The largest absolute Gasteiger partial charge is 0.324 e. The van der Waals surface area contributed by atoms with Crippen LogP contribution in [0.25, 0.3) is 10.8 Å². The second-order valence-electron chi connectivity index (χ2n) is 5.19. The molecule has 3 aromatic rings. The van der Waals surface area contributed by atoms with E-state index >= 15 is 0 Å². The second kappa shape index (κ2) is 6.18. The molecule has 0 radical (unpaired) electrons. The van der Waals surface area contributed by atoms with E-state index in [1.807, 2.05) is 18.2 Å². The third kappa shape index (κ3) is 3.46. The van der Waals surface area contributed by atoms with Gasteiger partial charge in [0.1, 0.15) is 0 Å². The van der Waals surface area contributed by atoms with Crippen molar-refractivity contribution in [2.45, 2.75) is 12.5 Å². The van der Waals surface area contributed by atoms with Crippen LogP contribution in [0, 0.1) is 0 Å². The molecule has 1 nitrogen and oxygen atoms in total. The summed E-state index contributed by atoms with van der Waals surface area (Å²) < 4.78 is 1.09. The van der Waals surface area contributed by atoms with Crippen LogP contribution in [0.2, 0.25) is 5.02 Å². The quantitative estimate of drug-likeness (QED) is 0.656. The molecule has 2 N–H and O–H groups in total. The summed E-state index contributed by atoms with van der Waals surface area (Å²) in [5.74, 6) is 0. The van der Waals surface area contributed by atoms with Crippen molar-refractivity contribution in [3.05, 3.63) is 81.3 Å². The highest BCUT2D eigenvalue weighted by Gasteiger charge is 2.08. The molecule has 106 valence electrons. The van der Waals surface area contributed by atoms with Gasteiger partial charge in [-0.1, -0.05) is 57.9 Å². The fraction of sp³-hybridized carbons (Fsp3) is 0.111. The van der Waals surface area contributed by atoms with E-state index in [1.165, 1.54) is 10.8 Å². The minimum atomic E-state index is -0.0310. The van der Waals surface area contributed by atoms with Crippen molar-refractivity contribution in [2.24, 2.45) is 5.73 Å². The van der Waals surface area contributed by atoms with Gasteiger partial charge in [0, 0.05) is 15.5 Å². The lowest BCUT2D eigenvalue weighted by atomic mass is 9.97. The highest BCUT2D eigenvalue weighted by Crippen LogP contribution is 2.25. The lowest BCUT2D eigenvalue weighted by Crippen LogP contribution is -2.13. The highest BCUT2D eigenvalue weighted by molar-refractivity contribution is 9.10. The van der Waals surface area contributed by atoms with Crippen LogP contribution in [0.4, 0.5) is 0 Å². The highest BCUT2D eigenvalue weighted by atomic mass is 79.9. The minimum Gasteiger partial charge on any atom is -0.324 e. The van der Waals surface area contributed by atoms with E-state index in [1.54, 1.807) is 0 Å². The van der Waals surface area contributed by atoms with Gasteiger partial charge in [0.2, 0.25) is 0 Å². The Labute approximate surface area is 137 Å². The molecule has 1 atom stereocenters. The first kappa shape index (κ1) is 14.6. The van der Waals surface area contributed by atoms with Gasteiger partial charge in [0.15, 0.2) is 0 Å². The number of fused-ring (bicyclic) bond motifs is 1. The molecule has 0 aromatic heterocycles. The number of nitrogens with two attached hydrogens (primary N) is 1. The van der Waals surface area contributed by atoms with E-state index in [-0.39, 0.29) is 6.04 Å². The molecule has 0 aliphatic carbocycles. The van der Waals surface area contributed by atoms with Crippen molar-refractivity contribution in [1.29, 1.82) is 0 Å². The van der Waals surface area contributed by atoms with Gasteiger partial charge >= 0.3 is 0 Å². The fourth-order valence-corrected chi connectivity index (χ4v) is 3.09. The Morgan fingerprint density at radius 2 is 1.71 bits per heavy atom. The van der Waals surface area contributed by atoms with Crippen LogP contribution < -0.4 is 5.73 Å². The predicted molar refractivity (Wildman–Crippen MR) is 93.7 cm³/mol. The van der Waals surface area contributed by atoms with Gasteiger partial charge in [-0.05, 0) is 58.7 Å². The van der Waals surface area contributed by atoms with Crippen LogP contribution in [-0.4, -0.2) is 0 Å². The second-order valence-corrected chi connectivity index (χ2v) is 6.54. The molecule has 0 spiro atoms. The van der Waals surface area contributed by atoms with E-state index in [4.69, 9.17) is 17.3 Å². The van der Waals surface area contributed by atoms with Crippen LogP contribution in [0.15, 0.2) is 65.1 Å². The normalized spacial score (nSPS) is 12.5. The molecular formula is C18H15BrClN. The van der Waals surface area contributed by atoms with Gasteiger partial charge in [0.05, 0.1) is 0 Å². The Balaban J connectivity index is 1.87. The van der Waals surface area contributed by atoms with E-state index in [0.29, 0.717) is 0 Å². The Hall–Kier alpha value is -1.35. The molecule has 0 saturated carbocycles. The molecule has 3 rings (SSSR count). The van der Waals surface area contributed by atoms with Gasteiger partial charge in [-0.3, -0.25) is 0 Å². The average Bonchev–Trinajstić information content (AvgIpc) is 2.46. The molecule has 0 fully saturated rings. The maximum absolute atomic E-state index is 6.35. The Morgan fingerprint density at radius 3 is 2.52 bits per heavy atom. The van der Waals surface area contributed by atoms with Crippen LogP contribution in [-0.2, 0) is 6.42 Å². The minimum absolute atomic E-state index is 0.0310. The maximum atomic E-state index is 6.35. The summed E-state index contributed by atoms with van der Waals surface area (Å²) in [5, 5.41) is 3.17. The van der Waals surface area contributed by atoms with Crippen molar-refractivity contribution in [1.82, 2.24) is 0 Å². The van der Waals surface area contributed by atoms with Gasteiger partial charge in [-0.25, -0.2) is 0 Å². The fourth-order valence-electron chi connectivity index (χ4n) is 2.50. The van der Waals surface area contributed by atoms with E-state index in [0.717, 1.165) is 27.0 Å². The average molecular weight is 361 g/mol. The molecule has 0 heterocycles. The van der Waals surface area contributed by atoms with Crippen LogP contribution in [0.5, 0.6) is 0 Å². The predicted octanol–water partition coefficient (Wildman–Crippen LogP) is 5.50. The Bertz CT molecular complexity index is 785. The first-order valence-corrected chi connectivity index (χ1v) is 7.98. The monoisotopic (exact) mass is 359 g/mol. The van der Waals surface area contributed by atoms with Gasteiger partial charge in [0.25, 0.3) is 0 Å². The summed E-state index contributed by atoms with van der Waals surface area (Å²) in [5.41, 5.74) is 8.65. The molecule has 0 amide bonds. The molecule has 21 heavy (non-hydrogen) atoms. The van der Waals surface area contributed by atoms with Crippen molar-refractivity contribution < 1.29 is 0 Å². The van der Waals surface area contributed by atoms with Crippen molar-refractivity contribution in [2.75, 3.05) is 0 Å². The molecule has 0 aliphatic heterocycles. The molecule has 3 heteroatoms. The zero-order valence-corrected chi connectivity index (χ0v) is 13.7. The molecule has 0 saturated heterocycles. The van der Waals surface area contributed by atoms with Crippen LogP contribution >= 0.6 is 27.5 Å². The lowest BCUT2D eigenvalue weighted by molar-refractivity contribution is 0.723. The smallest absolute Gasteiger partial charge is 0.0408 e. The summed E-state index contributed by atoms with van der Waals surface area (Å²) in [7, 11) is 0. The van der Waals surface area contributed by atoms with Crippen LogP contribution in [0.3, 0.4) is 0 Å². The van der Waals surface area contributed by atoms with E-state index in [9.17, 15) is 0 Å². The van der Waals surface area contributed by atoms with Crippen LogP contribution in [0.1, 0.15) is 17.2 Å². The summed E-state index contributed by atoms with van der Waals surface area (Å²) in [4.78, 5) is 0. The topological polar surface area (TPSA) is 26.0 Å². The first-order valence-electron chi connectivity index (χ1n) is 6.81. The molecule has 1 unspecified atom stereocenters. The zero-order chi connectivity index (χ0) is 14.8. The SMILES string of the molecule is NC(Cc1cccc(Cl)c1)c1ccc2cc(Br)ccc2c1. The van der Waals surface area contributed by atoms with Crippen molar-refractivity contribution in [3.63, 3.8) is 0 Å². The Kier molecular flexibility index (Phi) is 4.29. The lowest BCUT2D eigenvalue weighted by Gasteiger charge is -2.13. The summed E-state index contributed by atoms with van der Waals surface area (Å²) in [6.45, 7) is 0. The third-order valence-electron chi connectivity index (χ3n) is 3.60. The zero-order valence-electron chi connectivity index (χ0n) is 11.4. The summed E-state index contributed by atoms with van der Waals surface area (Å²) >= 11 is 9.52. The van der Waals surface area contributed by atoms with Crippen molar-refractivity contribution in [3.8, 4) is 0 Å². The molecule has 0 aliphatic rings. The third-order valence-corrected chi connectivity index (χ3v) is 4.33. The molecule has 3 aromatic carbocycles. The summed E-state index contributed by atoms with van der Waals surface area (Å²) in [6.07, 6.45) is 0.780. The van der Waals surface area contributed by atoms with Gasteiger partial charge < -0.3 is 5.73 Å². The number of hydrogen-bond donors (Lipinski definition) is 1. The maximum Gasteiger partial charge on any atom is 0.0408 e. The van der Waals surface area contributed by atoms with Gasteiger partial charge in [-0.2, -0.15) is 0 Å². The summed E-state index contributed by atoms with van der Waals surface area (Å²) in [6, 6.07) is 20.5. The van der Waals surface area contributed by atoms with Crippen molar-refractivity contribution >= 4 is 38.3 Å². The first-order chi connectivity index (χ1) is 10.1. The molecular weight excluding hydrogens is 346 g/mol. The number of halogens is 2. The number of hydrogen-bond acceptors (Lipinski definition) is 1. The van der Waals surface area contributed by atoms with Gasteiger partial charge in [-0.15, -0.1) is 0 Å². The standard InChI is InChI=1S/C18H15BrClN/c19-16-7-6-13-10-15(5-4-14(13)11-16)18(21)9-12-2-1-3-17(20)8-12/h1-8,10-11,18H,9,21H2. The van der Waals surface area contributed by atoms with E-state index < -0.39 is 0 Å². The molecule has 0 bridgehead atoms. The number of benzene rings is 3. The number of rotatable bonds is 3. The Morgan fingerprint density at radius 1 is 0.952 bits per heavy atom. The van der Waals surface area contributed by atoms with E-state index in [2.05, 4.69) is 58.4 Å².